The molecule has 1 amide bonds. The summed E-state index contributed by atoms with van der Waals surface area (Å²) in [5, 5.41) is 6.37. The van der Waals surface area contributed by atoms with Gasteiger partial charge in [-0.2, -0.15) is 5.10 Å². The highest BCUT2D eigenvalue weighted by Gasteiger charge is 2.34. The number of rotatable bonds is 4. The van der Waals surface area contributed by atoms with E-state index in [-0.39, 0.29) is 5.91 Å². The highest BCUT2D eigenvalue weighted by molar-refractivity contribution is 9.10. The molecule has 1 N–H and O–H groups in total. The number of aromatic nitrogens is 3. The van der Waals surface area contributed by atoms with Crippen molar-refractivity contribution in [3.63, 3.8) is 0 Å². The van der Waals surface area contributed by atoms with Crippen LogP contribution in [0.1, 0.15) is 29.0 Å². The van der Waals surface area contributed by atoms with Crippen LogP contribution in [0, 0.1) is 0 Å². The number of halogens is 1. The molecular weight excluding hydrogens is 308 g/mol. The molecule has 0 spiro atoms. The summed E-state index contributed by atoms with van der Waals surface area (Å²) in [4.78, 5) is 18.2. The maximum absolute atomic E-state index is 12.4. The van der Waals surface area contributed by atoms with Gasteiger partial charge in [0, 0.05) is 17.1 Å². The first-order valence-electron chi connectivity index (χ1n) is 6.15. The molecule has 0 aliphatic heterocycles. The predicted octanol–water partition coefficient (Wildman–Crippen LogP) is 2.37. The zero-order chi connectivity index (χ0) is 13.2. The van der Waals surface area contributed by atoms with Gasteiger partial charge in [0.25, 0.3) is 5.91 Å². The standard InChI is InChI=1S/C13H13BrN4O/c14-11-4-2-1-3-9(11)7-18(10-5-6-10)13(19)12-15-8-16-17-12/h1-4,8,10H,5-7H2,(H,15,16,17). The predicted molar refractivity (Wildman–Crippen MR) is 73.4 cm³/mol. The Hall–Kier alpha value is -1.69. The van der Waals surface area contributed by atoms with E-state index >= 15 is 0 Å². The summed E-state index contributed by atoms with van der Waals surface area (Å²) in [6, 6.07) is 8.27. The van der Waals surface area contributed by atoms with E-state index in [1.807, 2.05) is 29.2 Å². The number of nitrogens with one attached hydrogen (secondary N) is 1. The first-order valence-corrected chi connectivity index (χ1v) is 6.95. The van der Waals surface area contributed by atoms with Crippen molar-refractivity contribution >= 4 is 21.8 Å². The maximum atomic E-state index is 12.4. The lowest BCUT2D eigenvalue weighted by molar-refractivity contribution is 0.0717. The number of aromatic amines is 1. The number of H-pyrrole nitrogens is 1. The van der Waals surface area contributed by atoms with E-state index in [1.54, 1.807) is 0 Å². The lowest BCUT2D eigenvalue weighted by Crippen LogP contribution is -2.33. The van der Waals surface area contributed by atoms with Crippen LogP contribution >= 0.6 is 15.9 Å². The van der Waals surface area contributed by atoms with Crippen molar-refractivity contribution in [1.29, 1.82) is 0 Å². The minimum Gasteiger partial charge on any atom is -0.329 e. The molecule has 1 aromatic carbocycles. The van der Waals surface area contributed by atoms with Crippen molar-refractivity contribution in [2.45, 2.75) is 25.4 Å². The molecule has 1 aliphatic carbocycles. The Kier molecular flexibility index (Phi) is 3.33. The van der Waals surface area contributed by atoms with Crippen molar-refractivity contribution in [2.75, 3.05) is 0 Å². The van der Waals surface area contributed by atoms with E-state index in [0.29, 0.717) is 18.4 Å². The van der Waals surface area contributed by atoms with Gasteiger partial charge in [0.2, 0.25) is 5.82 Å². The lowest BCUT2D eigenvalue weighted by Gasteiger charge is -2.21. The Labute approximate surface area is 119 Å². The molecule has 0 atom stereocenters. The average molecular weight is 321 g/mol. The zero-order valence-electron chi connectivity index (χ0n) is 10.2. The smallest absolute Gasteiger partial charge is 0.291 e. The molecule has 19 heavy (non-hydrogen) atoms. The number of nitrogens with zero attached hydrogens (tertiary/aromatic N) is 3. The molecule has 6 heteroatoms. The van der Waals surface area contributed by atoms with E-state index in [4.69, 9.17) is 0 Å². The number of amides is 1. The van der Waals surface area contributed by atoms with Gasteiger partial charge in [-0.15, -0.1) is 0 Å². The fourth-order valence-electron chi connectivity index (χ4n) is 2.01. The van der Waals surface area contributed by atoms with Crippen molar-refractivity contribution in [3.05, 3.63) is 46.5 Å². The summed E-state index contributed by atoms with van der Waals surface area (Å²) in [7, 11) is 0. The van der Waals surface area contributed by atoms with Crippen LogP contribution in [0.25, 0.3) is 0 Å². The summed E-state index contributed by atoms with van der Waals surface area (Å²) in [5.41, 5.74) is 1.10. The van der Waals surface area contributed by atoms with Crippen LogP contribution in [0.2, 0.25) is 0 Å². The molecule has 1 aliphatic rings. The van der Waals surface area contributed by atoms with Gasteiger partial charge in [-0.1, -0.05) is 34.1 Å². The Balaban J connectivity index is 1.82. The van der Waals surface area contributed by atoms with Gasteiger partial charge < -0.3 is 4.90 Å². The summed E-state index contributed by atoms with van der Waals surface area (Å²) in [6.45, 7) is 0.589. The van der Waals surface area contributed by atoms with Crippen molar-refractivity contribution in [2.24, 2.45) is 0 Å². The third-order valence-corrected chi connectivity index (χ3v) is 3.94. The highest BCUT2D eigenvalue weighted by atomic mass is 79.9. The Morgan fingerprint density at radius 1 is 1.42 bits per heavy atom. The maximum Gasteiger partial charge on any atom is 0.291 e. The topological polar surface area (TPSA) is 61.9 Å². The van der Waals surface area contributed by atoms with Crippen molar-refractivity contribution < 1.29 is 4.79 Å². The van der Waals surface area contributed by atoms with Gasteiger partial charge in [-0.3, -0.25) is 9.89 Å². The molecule has 98 valence electrons. The number of hydrogen-bond acceptors (Lipinski definition) is 3. The van der Waals surface area contributed by atoms with Gasteiger partial charge in [-0.05, 0) is 24.5 Å². The SMILES string of the molecule is O=C(c1ncn[nH]1)N(Cc1ccccc1Br)C1CC1. The summed E-state index contributed by atoms with van der Waals surface area (Å²) < 4.78 is 1.02. The quantitative estimate of drug-likeness (QED) is 0.940. The molecule has 0 bridgehead atoms. The molecule has 0 unspecified atom stereocenters. The van der Waals surface area contributed by atoms with Crippen LogP contribution < -0.4 is 0 Å². The Morgan fingerprint density at radius 3 is 2.84 bits per heavy atom. The van der Waals surface area contributed by atoms with Crippen LogP contribution in [-0.2, 0) is 6.54 Å². The second-order valence-corrected chi connectivity index (χ2v) is 5.44. The van der Waals surface area contributed by atoms with Crippen molar-refractivity contribution in [1.82, 2.24) is 20.1 Å². The third-order valence-electron chi connectivity index (χ3n) is 3.16. The molecule has 0 saturated heterocycles. The van der Waals surface area contributed by atoms with Gasteiger partial charge >= 0.3 is 0 Å². The molecule has 2 aromatic rings. The molecule has 1 heterocycles. The molecule has 1 saturated carbocycles. The summed E-state index contributed by atoms with van der Waals surface area (Å²) >= 11 is 3.52. The largest absolute Gasteiger partial charge is 0.329 e. The summed E-state index contributed by atoms with van der Waals surface area (Å²) in [6.07, 6.45) is 3.48. The van der Waals surface area contributed by atoms with Crippen LogP contribution in [0.4, 0.5) is 0 Å². The second-order valence-electron chi connectivity index (χ2n) is 4.59. The molecule has 0 radical (unpaired) electrons. The number of benzene rings is 1. The molecular formula is C13H13BrN4O. The zero-order valence-corrected chi connectivity index (χ0v) is 11.8. The number of carbonyl (C=O) groups excluding carboxylic acids is 1. The van der Waals surface area contributed by atoms with Gasteiger partial charge in [0.1, 0.15) is 6.33 Å². The summed E-state index contributed by atoms with van der Waals surface area (Å²) in [5.74, 6) is 0.217. The van der Waals surface area contributed by atoms with Gasteiger partial charge in [-0.25, -0.2) is 4.98 Å². The van der Waals surface area contributed by atoms with E-state index < -0.39 is 0 Å². The van der Waals surface area contributed by atoms with Crippen LogP contribution in [-0.4, -0.2) is 32.0 Å². The Morgan fingerprint density at radius 2 is 2.21 bits per heavy atom. The minimum absolute atomic E-state index is 0.0873. The van der Waals surface area contributed by atoms with E-state index in [1.165, 1.54) is 6.33 Å². The fraction of sp³-hybridized carbons (Fsp3) is 0.308. The fourth-order valence-corrected chi connectivity index (χ4v) is 2.42. The molecule has 5 nitrogen and oxygen atoms in total. The van der Waals surface area contributed by atoms with E-state index in [2.05, 4.69) is 31.1 Å². The number of hydrogen-bond donors (Lipinski definition) is 1. The first kappa shape index (κ1) is 12.3. The van der Waals surface area contributed by atoms with Crippen LogP contribution in [0.3, 0.4) is 0 Å². The Bertz CT molecular complexity index is 580. The van der Waals surface area contributed by atoms with Gasteiger partial charge in [0.05, 0.1) is 0 Å². The van der Waals surface area contributed by atoms with Crippen molar-refractivity contribution in [3.8, 4) is 0 Å². The first-order chi connectivity index (χ1) is 9.25. The van der Waals surface area contributed by atoms with Crippen LogP contribution in [0.15, 0.2) is 35.1 Å². The van der Waals surface area contributed by atoms with Crippen LogP contribution in [0.5, 0.6) is 0 Å². The highest BCUT2D eigenvalue weighted by Crippen LogP contribution is 2.30. The van der Waals surface area contributed by atoms with Gasteiger partial charge in [0.15, 0.2) is 0 Å². The normalized spacial score (nSPS) is 14.4. The van der Waals surface area contributed by atoms with E-state index in [0.717, 1.165) is 22.9 Å². The third kappa shape index (κ3) is 2.68. The minimum atomic E-state index is -0.0873. The average Bonchev–Trinajstić information content (AvgIpc) is 3.11. The lowest BCUT2D eigenvalue weighted by atomic mass is 10.2. The number of carbonyl (C=O) groups is 1. The van der Waals surface area contributed by atoms with E-state index in [9.17, 15) is 4.79 Å². The second kappa shape index (κ2) is 5.13. The molecule has 1 aromatic heterocycles. The molecule has 3 rings (SSSR count). The monoisotopic (exact) mass is 320 g/mol. The molecule has 1 fully saturated rings.